The quantitative estimate of drug-likeness (QED) is 0.597. The van der Waals surface area contributed by atoms with Crippen molar-refractivity contribution in [2.24, 2.45) is 0 Å². The molecule has 0 unspecified atom stereocenters. The molecule has 0 saturated carbocycles. The zero-order chi connectivity index (χ0) is 11.1. The van der Waals surface area contributed by atoms with E-state index in [1.165, 1.54) is 0 Å². The zero-order valence-electron chi connectivity index (χ0n) is 8.75. The van der Waals surface area contributed by atoms with Crippen LogP contribution in [0.3, 0.4) is 0 Å². The van der Waals surface area contributed by atoms with Crippen LogP contribution in [-0.4, -0.2) is 11.6 Å². The van der Waals surface area contributed by atoms with Crippen LogP contribution in [0.1, 0.15) is 31.8 Å². The van der Waals surface area contributed by atoms with Gasteiger partial charge in [-0.1, -0.05) is 48.5 Å². The third kappa shape index (κ3) is 1.68. The van der Waals surface area contributed by atoms with Crippen molar-refractivity contribution >= 4 is 11.6 Å². The number of rotatable bonds is 0. The molecule has 3 heteroatoms. The topological polar surface area (TPSA) is 34.1 Å². The molecule has 0 heterocycles. The van der Waals surface area contributed by atoms with Gasteiger partial charge < -0.3 is 0 Å². The van der Waals surface area contributed by atoms with E-state index < -0.39 is 0 Å². The largest absolute Gasteiger partial charge is 0.289 e. The molecule has 2 nitrogen and oxygen atoms in total. The van der Waals surface area contributed by atoms with Gasteiger partial charge in [0.05, 0.1) is 0 Å². The molecule has 1 aliphatic rings. The molecule has 0 bridgehead atoms. The molecule has 0 spiro atoms. The second kappa shape index (κ2) is 4.37. The Morgan fingerprint density at radius 1 is 0.529 bits per heavy atom. The van der Waals surface area contributed by atoms with Gasteiger partial charge in [-0.05, 0) is 0 Å². The van der Waals surface area contributed by atoms with E-state index in [2.05, 4.69) is 0 Å². The third-order valence-electron chi connectivity index (χ3n) is 2.83. The number of carbonyl (C=O) groups excluding carboxylic acids is 2. The van der Waals surface area contributed by atoms with Gasteiger partial charge in [0.2, 0.25) is 0 Å². The summed E-state index contributed by atoms with van der Waals surface area (Å²) in [7, 11) is 0. The van der Waals surface area contributed by atoms with Crippen LogP contribution in [0.2, 0.25) is 0 Å². The number of carbonyl (C=O) groups is 2. The molecule has 0 aromatic heterocycles. The van der Waals surface area contributed by atoms with Crippen LogP contribution in [0.15, 0.2) is 48.5 Å². The van der Waals surface area contributed by atoms with Crippen molar-refractivity contribution in [1.82, 2.24) is 0 Å². The summed E-state index contributed by atoms with van der Waals surface area (Å²) < 4.78 is 0. The molecule has 1 aliphatic carbocycles. The normalized spacial score (nSPS) is 12.5. The number of benzene rings is 2. The molecular formula is C14H8O2Pd. The molecule has 0 N–H and O–H groups in total. The predicted octanol–water partition coefficient (Wildman–Crippen LogP) is 2.46. The standard InChI is InChI=1S/C14H8O2.Pd/c15-13-9-5-1-2-6-10(9)14(16)12-8-4-3-7-11(12)13;/h1-8H;. The maximum absolute atomic E-state index is 12.1. The molecule has 86 valence electrons. The summed E-state index contributed by atoms with van der Waals surface area (Å²) in [5.74, 6) is -0.128. The Hall–Kier alpha value is -1.56. The minimum atomic E-state index is -0.0641. The Morgan fingerprint density at radius 3 is 1.00 bits per heavy atom. The van der Waals surface area contributed by atoms with Crippen molar-refractivity contribution in [2.45, 2.75) is 0 Å². The van der Waals surface area contributed by atoms with E-state index in [1.54, 1.807) is 48.5 Å². The van der Waals surface area contributed by atoms with Gasteiger partial charge in [-0.25, -0.2) is 0 Å². The van der Waals surface area contributed by atoms with Crippen LogP contribution in [-0.2, 0) is 20.4 Å². The molecule has 0 fully saturated rings. The average Bonchev–Trinajstić information content (AvgIpc) is 2.36. The fraction of sp³-hybridized carbons (Fsp3) is 0. The van der Waals surface area contributed by atoms with E-state index >= 15 is 0 Å². The van der Waals surface area contributed by atoms with E-state index in [0.29, 0.717) is 22.3 Å². The molecular weight excluding hydrogens is 307 g/mol. The average molecular weight is 315 g/mol. The Kier molecular flexibility index (Phi) is 3.06. The number of hydrogen-bond donors (Lipinski definition) is 0. The van der Waals surface area contributed by atoms with Gasteiger partial charge in [-0.2, -0.15) is 0 Å². The summed E-state index contributed by atoms with van der Waals surface area (Å²) in [5, 5.41) is 0. The van der Waals surface area contributed by atoms with Crippen LogP contribution in [0.4, 0.5) is 0 Å². The van der Waals surface area contributed by atoms with Gasteiger partial charge in [-0.15, -0.1) is 0 Å². The maximum atomic E-state index is 12.1. The fourth-order valence-electron chi connectivity index (χ4n) is 2.05. The molecule has 2 aromatic rings. The summed E-state index contributed by atoms with van der Waals surface area (Å²) in [6, 6.07) is 13.9. The summed E-state index contributed by atoms with van der Waals surface area (Å²) in [4.78, 5) is 24.2. The van der Waals surface area contributed by atoms with Crippen molar-refractivity contribution in [1.29, 1.82) is 0 Å². The van der Waals surface area contributed by atoms with Crippen molar-refractivity contribution in [3.05, 3.63) is 70.8 Å². The Balaban J connectivity index is 0.00000108. The number of fused-ring (bicyclic) bond motifs is 2. The van der Waals surface area contributed by atoms with Gasteiger partial charge in [0.15, 0.2) is 11.6 Å². The summed E-state index contributed by atoms with van der Waals surface area (Å²) >= 11 is 0. The molecule has 3 rings (SSSR count). The fourth-order valence-corrected chi connectivity index (χ4v) is 2.05. The Bertz CT molecular complexity index is 512. The molecule has 17 heavy (non-hydrogen) atoms. The van der Waals surface area contributed by atoms with E-state index in [-0.39, 0.29) is 32.0 Å². The Labute approximate surface area is 112 Å². The van der Waals surface area contributed by atoms with Gasteiger partial charge in [0, 0.05) is 42.7 Å². The number of hydrogen-bond acceptors (Lipinski definition) is 2. The minimum Gasteiger partial charge on any atom is -0.289 e. The smallest absolute Gasteiger partial charge is 0.194 e. The van der Waals surface area contributed by atoms with Crippen LogP contribution >= 0.6 is 0 Å². The van der Waals surface area contributed by atoms with E-state index in [0.717, 1.165) is 0 Å². The van der Waals surface area contributed by atoms with Gasteiger partial charge in [-0.3, -0.25) is 9.59 Å². The van der Waals surface area contributed by atoms with Gasteiger partial charge in [0.25, 0.3) is 0 Å². The first-order valence-corrected chi connectivity index (χ1v) is 5.06. The van der Waals surface area contributed by atoms with Crippen molar-refractivity contribution < 1.29 is 30.0 Å². The minimum absolute atomic E-state index is 0. The molecule has 2 aromatic carbocycles. The SMILES string of the molecule is O=C1c2ccccc2C(=O)c2ccccc21.[Pd]. The van der Waals surface area contributed by atoms with Crippen molar-refractivity contribution in [3.8, 4) is 0 Å². The molecule has 0 amide bonds. The first-order chi connectivity index (χ1) is 7.79. The Morgan fingerprint density at radius 2 is 0.765 bits per heavy atom. The first kappa shape index (κ1) is 11.9. The summed E-state index contributed by atoms with van der Waals surface area (Å²) in [5.41, 5.74) is 2.02. The van der Waals surface area contributed by atoms with Crippen LogP contribution in [0.25, 0.3) is 0 Å². The molecule has 0 radical (unpaired) electrons. The van der Waals surface area contributed by atoms with Gasteiger partial charge >= 0.3 is 0 Å². The molecule has 0 saturated heterocycles. The van der Waals surface area contributed by atoms with E-state index in [4.69, 9.17) is 0 Å². The van der Waals surface area contributed by atoms with Gasteiger partial charge in [0.1, 0.15) is 0 Å². The van der Waals surface area contributed by atoms with E-state index in [1.807, 2.05) is 0 Å². The van der Waals surface area contributed by atoms with Crippen LogP contribution < -0.4 is 0 Å². The summed E-state index contributed by atoms with van der Waals surface area (Å²) in [6.07, 6.45) is 0. The van der Waals surface area contributed by atoms with Crippen LogP contribution in [0, 0.1) is 0 Å². The maximum Gasteiger partial charge on any atom is 0.194 e. The second-order valence-corrected chi connectivity index (χ2v) is 3.75. The molecule has 0 atom stereocenters. The van der Waals surface area contributed by atoms with E-state index in [9.17, 15) is 9.59 Å². The third-order valence-corrected chi connectivity index (χ3v) is 2.83. The van der Waals surface area contributed by atoms with Crippen molar-refractivity contribution in [3.63, 3.8) is 0 Å². The second-order valence-electron chi connectivity index (χ2n) is 3.75. The summed E-state index contributed by atoms with van der Waals surface area (Å²) in [6.45, 7) is 0. The number of ketones is 2. The first-order valence-electron chi connectivity index (χ1n) is 5.06. The molecule has 0 aliphatic heterocycles. The zero-order valence-corrected chi connectivity index (χ0v) is 10.3. The monoisotopic (exact) mass is 314 g/mol. The van der Waals surface area contributed by atoms with Crippen LogP contribution in [0.5, 0.6) is 0 Å². The van der Waals surface area contributed by atoms with Crippen molar-refractivity contribution in [2.75, 3.05) is 0 Å². The predicted molar refractivity (Wildman–Crippen MR) is 59.7 cm³/mol.